The number of amides is 1. The lowest BCUT2D eigenvalue weighted by atomic mass is 9.90. The molecule has 3 unspecified atom stereocenters. The van der Waals surface area contributed by atoms with E-state index in [4.69, 9.17) is 4.99 Å². The summed E-state index contributed by atoms with van der Waals surface area (Å²) < 4.78 is 28.8. The van der Waals surface area contributed by atoms with Gasteiger partial charge in [-0.3, -0.25) is 29.5 Å². The highest BCUT2D eigenvalue weighted by atomic mass is 32.2. The molecule has 4 aromatic rings. The number of carbonyl (C=O) groups is 1. The first-order chi connectivity index (χ1) is 22.1. The highest BCUT2D eigenvalue weighted by Crippen LogP contribution is 2.38. The molecule has 0 bridgehead atoms. The van der Waals surface area contributed by atoms with E-state index in [2.05, 4.69) is 40.9 Å². The molecule has 3 atom stereocenters. The van der Waals surface area contributed by atoms with Crippen molar-refractivity contribution in [3.05, 3.63) is 124 Å². The Kier molecular flexibility index (Phi) is 8.70. The number of nitro benzene ring substituents is 1. The fourth-order valence-corrected chi connectivity index (χ4v) is 7.38. The Bertz CT molecular complexity index is 1900. The van der Waals surface area contributed by atoms with Gasteiger partial charge >= 0.3 is 0 Å². The predicted molar refractivity (Wildman–Crippen MR) is 179 cm³/mol. The molecule has 2 aliphatic rings. The van der Waals surface area contributed by atoms with E-state index in [1.165, 1.54) is 43.0 Å². The number of nitrogens with one attached hydrogen (secondary N) is 2. The lowest BCUT2D eigenvalue weighted by Crippen LogP contribution is -2.42. The molecule has 236 valence electrons. The van der Waals surface area contributed by atoms with Gasteiger partial charge in [0.25, 0.3) is 15.7 Å². The number of fused-ring (bicyclic) bond motifs is 1. The monoisotopic (exact) mass is 637 g/mol. The van der Waals surface area contributed by atoms with E-state index in [0.717, 1.165) is 18.2 Å². The van der Waals surface area contributed by atoms with Crippen LogP contribution in [0.3, 0.4) is 0 Å². The Hall–Kier alpha value is -4.87. The number of nitro groups is 1. The van der Waals surface area contributed by atoms with Gasteiger partial charge in [-0.15, -0.1) is 0 Å². The first kappa shape index (κ1) is 31.1. The molecule has 0 spiro atoms. The van der Waals surface area contributed by atoms with Crippen molar-refractivity contribution in [3.63, 3.8) is 0 Å². The van der Waals surface area contributed by atoms with Crippen molar-refractivity contribution >= 4 is 44.4 Å². The van der Waals surface area contributed by atoms with Gasteiger partial charge in [0.1, 0.15) is 5.92 Å². The number of sulfonamides is 1. The molecule has 46 heavy (non-hydrogen) atoms. The minimum atomic E-state index is -4.15. The highest BCUT2D eigenvalue weighted by Gasteiger charge is 2.36. The van der Waals surface area contributed by atoms with Gasteiger partial charge in [-0.1, -0.05) is 55.0 Å². The molecule has 0 aliphatic carbocycles. The first-order valence-electron chi connectivity index (χ1n) is 15.3. The van der Waals surface area contributed by atoms with Gasteiger partial charge in [-0.25, -0.2) is 8.42 Å². The third-order valence-electron chi connectivity index (χ3n) is 8.74. The zero-order valence-electron chi connectivity index (χ0n) is 25.6. The SMILES string of the molecule is CC1CCCC(C)N1Cc1ccc(N=C(c2ccccc2)C2C(=O)Nc3ccc(NS(=O)(=O)c4cccc([N+](=O)[O-])c4)cc32)cc1. The Labute approximate surface area is 268 Å². The summed E-state index contributed by atoms with van der Waals surface area (Å²) in [7, 11) is -4.15. The van der Waals surface area contributed by atoms with Crippen LogP contribution in [0, 0.1) is 10.1 Å². The Morgan fingerprint density at radius 2 is 1.67 bits per heavy atom. The van der Waals surface area contributed by atoms with Crippen LogP contribution in [0.15, 0.2) is 107 Å². The van der Waals surface area contributed by atoms with E-state index in [1.807, 2.05) is 42.5 Å². The fraction of sp³-hybridized carbons (Fsp3) is 0.257. The van der Waals surface area contributed by atoms with Crippen LogP contribution in [-0.4, -0.2) is 41.9 Å². The van der Waals surface area contributed by atoms with Crippen LogP contribution in [0.5, 0.6) is 0 Å². The topological polar surface area (TPSA) is 134 Å². The number of nitrogens with zero attached hydrogens (tertiary/aromatic N) is 3. The normalized spacial score (nSPS) is 20.2. The quantitative estimate of drug-likeness (QED) is 0.115. The van der Waals surface area contributed by atoms with Crippen molar-refractivity contribution in [3.8, 4) is 0 Å². The second-order valence-corrected chi connectivity index (χ2v) is 13.6. The average molecular weight is 638 g/mol. The van der Waals surface area contributed by atoms with Crippen LogP contribution in [0.2, 0.25) is 0 Å². The highest BCUT2D eigenvalue weighted by molar-refractivity contribution is 7.92. The Balaban J connectivity index is 1.32. The minimum absolute atomic E-state index is 0.213. The Morgan fingerprint density at radius 3 is 2.37 bits per heavy atom. The van der Waals surface area contributed by atoms with Gasteiger partial charge in [0, 0.05) is 42.1 Å². The maximum atomic E-state index is 13.5. The molecule has 1 saturated heterocycles. The smallest absolute Gasteiger partial charge is 0.270 e. The lowest BCUT2D eigenvalue weighted by Gasteiger charge is -2.39. The van der Waals surface area contributed by atoms with Gasteiger partial charge < -0.3 is 5.32 Å². The third-order valence-corrected chi connectivity index (χ3v) is 10.1. The largest absolute Gasteiger partial charge is 0.325 e. The number of rotatable bonds is 9. The zero-order valence-corrected chi connectivity index (χ0v) is 26.4. The number of non-ortho nitro benzene ring substituents is 1. The molecule has 0 saturated carbocycles. The van der Waals surface area contributed by atoms with Crippen LogP contribution in [0.1, 0.15) is 55.7 Å². The average Bonchev–Trinajstić information content (AvgIpc) is 3.37. The van der Waals surface area contributed by atoms with Gasteiger partial charge in [0.05, 0.1) is 21.2 Å². The number of benzene rings is 4. The molecule has 0 aromatic heterocycles. The van der Waals surface area contributed by atoms with Gasteiger partial charge in [0.15, 0.2) is 0 Å². The number of hydrogen-bond donors (Lipinski definition) is 2. The summed E-state index contributed by atoms with van der Waals surface area (Å²) >= 11 is 0. The van der Waals surface area contributed by atoms with E-state index < -0.39 is 20.9 Å². The third kappa shape index (κ3) is 6.56. The van der Waals surface area contributed by atoms with Crippen LogP contribution in [0.25, 0.3) is 0 Å². The van der Waals surface area contributed by atoms with E-state index in [0.29, 0.717) is 34.7 Å². The Morgan fingerprint density at radius 1 is 0.957 bits per heavy atom. The summed E-state index contributed by atoms with van der Waals surface area (Å²) in [5, 5.41) is 14.1. The van der Waals surface area contributed by atoms with Crippen LogP contribution >= 0.6 is 0 Å². The maximum Gasteiger partial charge on any atom is 0.270 e. The summed E-state index contributed by atoms with van der Waals surface area (Å²) in [6.07, 6.45) is 3.67. The molecule has 1 fully saturated rings. The second-order valence-electron chi connectivity index (χ2n) is 11.9. The van der Waals surface area contributed by atoms with E-state index in [1.54, 1.807) is 18.2 Å². The number of anilines is 2. The number of likely N-dealkylation sites (tertiary alicyclic amines) is 1. The van der Waals surface area contributed by atoms with Crippen molar-refractivity contribution in [1.82, 2.24) is 4.90 Å². The number of piperidine rings is 1. The van der Waals surface area contributed by atoms with E-state index in [-0.39, 0.29) is 22.2 Å². The number of aliphatic imine (C=N–C) groups is 1. The predicted octanol–water partition coefficient (Wildman–Crippen LogP) is 7.02. The number of hydrogen-bond acceptors (Lipinski definition) is 7. The molecule has 2 aliphatic heterocycles. The first-order valence-corrected chi connectivity index (χ1v) is 16.8. The minimum Gasteiger partial charge on any atom is -0.325 e. The van der Waals surface area contributed by atoms with Crippen molar-refractivity contribution in [2.45, 2.75) is 62.6 Å². The van der Waals surface area contributed by atoms with Crippen molar-refractivity contribution in [2.75, 3.05) is 10.0 Å². The molecule has 0 radical (unpaired) electrons. The number of carbonyl (C=O) groups excluding carboxylic acids is 1. The van der Waals surface area contributed by atoms with Crippen molar-refractivity contribution in [2.24, 2.45) is 4.99 Å². The molecule has 2 N–H and O–H groups in total. The van der Waals surface area contributed by atoms with Crippen LogP contribution < -0.4 is 10.0 Å². The second kappa shape index (κ2) is 12.9. The summed E-state index contributed by atoms with van der Waals surface area (Å²) in [6.45, 7) is 5.44. The van der Waals surface area contributed by atoms with Gasteiger partial charge in [-0.2, -0.15) is 0 Å². The molecular formula is C35H35N5O5S. The maximum absolute atomic E-state index is 13.5. The molecule has 4 aromatic carbocycles. The molecule has 2 heterocycles. The molecule has 6 rings (SSSR count). The van der Waals surface area contributed by atoms with E-state index in [9.17, 15) is 23.3 Å². The molecule has 11 heteroatoms. The summed E-state index contributed by atoms with van der Waals surface area (Å²) in [6, 6.07) is 28.2. The fourth-order valence-electron chi connectivity index (χ4n) is 6.29. The van der Waals surface area contributed by atoms with Gasteiger partial charge in [-0.05, 0) is 79.8 Å². The summed E-state index contributed by atoms with van der Waals surface area (Å²) in [5.41, 5.74) is 4.19. The lowest BCUT2D eigenvalue weighted by molar-refractivity contribution is -0.385. The molecular weight excluding hydrogens is 602 g/mol. The summed E-state index contributed by atoms with van der Waals surface area (Å²) in [4.78, 5) is 31.3. The van der Waals surface area contributed by atoms with Crippen LogP contribution in [-0.2, 0) is 21.4 Å². The van der Waals surface area contributed by atoms with Gasteiger partial charge in [0.2, 0.25) is 5.91 Å². The van der Waals surface area contributed by atoms with Crippen molar-refractivity contribution < 1.29 is 18.1 Å². The van der Waals surface area contributed by atoms with Crippen LogP contribution in [0.4, 0.5) is 22.7 Å². The zero-order chi connectivity index (χ0) is 32.4. The van der Waals surface area contributed by atoms with Crippen molar-refractivity contribution in [1.29, 1.82) is 0 Å². The molecule has 10 nitrogen and oxygen atoms in total. The van der Waals surface area contributed by atoms with E-state index >= 15 is 0 Å². The summed E-state index contributed by atoms with van der Waals surface area (Å²) in [5.74, 6) is -1.09. The standard InChI is InChI=1S/C35H35N5O5S/c1-23-8-6-9-24(2)39(23)22-25-14-16-27(17-15-25)36-34(26-10-4-3-5-11-26)33-31-20-28(18-19-32(31)37-35(33)41)38-46(44,45)30-13-7-12-29(21-30)40(42)43/h3-5,7,10-21,23-24,33,38H,6,8-9,22H2,1-2H3,(H,37,41). The molecule has 1 amide bonds.